The molecule has 0 atom stereocenters. The Balaban J connectivity index is 1.43. The monoisotopic (exact) mass is 458 g/mol. The van der Waals surface area contributed by atoms with E-state index >= 15 is 0 Å². The van der Waals surface area contributed by atoms with E-state index in [1.165, 1.54) is 18.2 Å². The number of aryl methyl sites for hydroxylation is 1. The van der Waals surface area contributed by atoms with Crippen molar-refractivity contribution in [2.75, 3.05) is 6.61 Å². The molecule has 0 spiro atoms. The van der Waals surface area contributed by atoms with Crippen LogP contribution < -0.4 is 0 Å². The van der Waals surface area contributed by atoms with Crippen molar-refractivity contribution in [2.45, 2.75) is 62.4 Å². The highest BCUT2D eigenvalue weighted by Gasteiger charge is 2.34. The van der Waals surface area contributed by atoms with Crippen LogP contribution in [0.15, 0.2) is 47.4 Å². The van der Waals surface area contributed by atoms with Gasteiger partial charge in [0.15, 0.2) is 0 Å². The number of hydrogen-bond donors (Lipinski definition) is 0. The van der Waals surface area contributed by atoms with Gasteiger partial charge >= 0.3 is 6.18 Å². The average molecular weight is 459 g/mol. The second-order valence-corrected chi connectivity index (χ2v) is 9.80. The Hall–Kier alpha value is -1.93. The lowest BCUT2D eigenvalue weighted by Crippen LogP contribution is -2.15. The molecule has 31 heavy (non-hydrogen) atoms. The molecule has 1 aliphatic rings. The molecule has 0 saturated heterocycles. The molecule has 8 heteroatoms. The average Bonchev–Trinajstić information content (AvgIpc) is 2.71. The number of alkyl halides is 3. The molecule has 0 amide bonds. The maximum atomic E-state index is 13.8. The molecule has 1 saturated carbocycles. The van der Waals surface area contributed by atoms with Crippen LogP contribution in [0.2, 0.25) is 0 Å². The fraction of sp³-hybridized carbons (Fsp3) is 0.478. The predicted octanol–water partition coefficient (Wildman–Crippen LogP) is 6.61. The van der Waals surface area contributed by atoms with E-state index in [-0.39, 0.29) is 17.4 Å². The number of hydrogen-bond acceptors (Lipinski definition) is 3. The Bertz CT molecular complexity index is 977. The summed E-state index contributed by atoms with van der Waals surface area (Å²) >= 11 is 0. The fourth-order valence-electron chi connectivity index (χ4n) is 4.11. The second-order valence-electron chi connectivity index (χ2n) is 8.19. The van der Waals surface area contributed by atoms with Gasteiger partial charge in [0.2, 0.25) is 0 Å². The quantitative estimate of drug-likeness (QED) is 0.266. The van der Waals surface area contributed by atoms with Crippen molar-refractivity contribution in [3.63, 3.8) is 0 Å². The zero-order valence-electron chi connectivity index (χ0n) is 17.3. The molecular weight excluding hydrogens is 432 g/mol. The minimum atomic E-state index is -4.69. The highest BCUT2D eigenvalue weighted by molar-refractivity contribution is 7.86. The summed E-state index contributed by atoms with van der Waals surface area (Å²) in [5.41, 5.74) is 0.343. The summed E-state index contributed by atoms with van der Waals surface area (Å²) in [6.07, 6.45) is 0.0359. The van der Waals surface area contributed by atoms with Crippen molar-refractivity contribution >= 4 is 10.1 Å². The molecule has 2 aromatic rings. The highest BCUT2D eigenvalue weighted by atomic mass is 32.2. The fourth-order valence-corrected chi connectivity index (χ4v) is 5.06. The maximum absolute atomic E-state index is 13.8. The number of halogens is 4. The van der Waals surface area contributed by atoms with Gasteiger partial charge in [0, 0.05) is 0 Å². The van der Waals surface area contributed by atoms with Gasteiger partial charge in [-0.15, -0.1) is 0 Å². The first-order valence-corrected chi connectivity index (χ1v) is 11.8. The third kappa shape index (κ3) is 6.29. The minimum Gasteiger partial charge on any atom is -0.266 e. The van der Waals surface area contributed by atoms with E-state index in [1.807, 2.05) is 6.92 Å². The molecule has 0 N–H and O–H groups in total. The lowest BCUT2D eigenvalue weighted by molar-refractivity contribution is -0.140. The van der Waals surface area contributed by atoms with Crippen molar-refractivity contribution in [1.82, 2.24) is 0 Å². The molecule has 1 aliphatic carbocycles. The molecule has 3 rings (SSSR count). The summed E-state index contributed by atoms with van der Waals surface area (Å²) in [5.74, 6) is -0.772. The molecule has 0 aromatic heterocycles. The lowest BCUT2D eigenvalue weighted by atomic mass is 9.77. The van der Waals surface area contributed by atoms with Gasteiger partial charge in [-0.25, -0.2) is 4.39 Å². The zero-order valence-corrected chi connectivity index (χ0v) is 18.1. The second kappa shape index (κ2) is 9.69. The van der Waals surface area contributed by atoms with Crippen LogP contribution >= 0.6 is 0 Å². The number of rotatable bonds is 7. The van der Waals surface area contributed by atoms with Gasteiger partial charge in [-0.3, -0.25) is 4.18 Å². The van der Waals surface area contributed by atoms with Crippen molar-refractivity contribution in [3.8, 4) is 0 Å². The van der Waals surface area contributed by atoms with Crippen molar-refractivity contribution < 1.29 is 30.2 Å². The Labute approximate surface area is 180 Å². The van der Waals surface area contributed by atoms with E-state index in [2.05, 4.69) is 0 Å². The predicted molar refractivity (Wildman–Crippen MR) is 110 cm³/mol. The molecular formula is C23H26F4O3S. The molecule has 2 aromatic carbocycles. The van der Waals surface area contributed by atoms with Gasteiger partial charge in [0.25, 0.3) is 10.1 Å². The van der Waals surface area contributed by atoms with Crippen LogP contribution in [-0.4, -0.2) is 15.0 Å². The van der Waals surface area contributed by atoms with E-state index in [0.29, 0.717) is 17.9 Å². The normalized spacial score (nSPS) is 20.0. The van der Waals surface area contributed by atoms with Gasteiger partial charge in [0.05, 0.1) is 17.1 Å². The van der Waals surface area contributed by atoms with Crippen LogP contribution in [0.25, 0.3) is 0 Å². The first-order valence-electron chi connectivity index (χ1n) is 10.4. The summed E-state index contributed by atoms with van der Waals surface area (Å²) in [6, 6.07) is 9.70. The molecule has 3 nitrogen and oxygen atoms in total. The molecule has 0 heterocycles. The van der Waals surface area contributed by atoms with Crippen molar-refractivity contribution in [3.05, 3.63) is 65.0 Å². The number of benzene rings is 2. The molecule has 0 unspecified atom stereocenters. The van der Waals surface area contributed by atoms with E-state index in [4.69, 9.17) is 4.18 Å². The minimum absolute atomic E-state index is 0.0474. The van der Waals surface area contributed by atoms with E-state index in [9.17, 15) is 26.0 Å². The molecule has 0 radical (unpaired) electrons. The van der Waals surface area contributed by atoms with Crippen LogP contribution in [0.1, 0.15) is 61.1 Å². The Morgan fingerprint density at radius 2 is 1.65 bits per heavy atom. The lowest BCUT2D eigenvalue weighted by Gasteiger charge is -2.29. The summed E-state index contributed by atoms with van der Waals surface area (Å²) in [4.78, 5) is 0.141. The van der Waals surface area contributed by atoms with Crippen LogP contribution in [0.3, 0.4) is 0 Å². The van der Waals surface area contributed by atoms with Gasteiger partial charge < -0.3 is 0 Å². The van der Waals surface area contributed by atoms with Crippen LogP contribution in [0.4, 0.5) is 17.6 Å². The Kier molecular flexibility index (Phi) is 7.42. The smallest absolute Gasteiger partial charge is 0.266 e. The van der Waals surface area contributed by atoms with Gasteiger partial charge in [-0.05, 0) is 87.1 Å². The van der Waals surface area contributed by atoms with Gasteiger partial charge in [-0.1, -0.05) is 23.8 Å². The van der Waals surface area contributed by atoms with E-state index in [1.54, 1.807) is 12.1 Å². The van der Waals surface area contributed by atoms with E-state index in [0.717, 1.165) is 49.8 Å². The topological polar surface area (TPSA) is 43.4 Å². The van der Waals surface area contributed by atoms with Crippen LogP contribution in [-0.2, 0) is 20.5 Å². The van der Waals surface area contributed by atoms with Crippen molar-refractivity contribution in [1.29, 1.82) is 0 Å². The molecule has 0 aliphatic heterocycles. The molecule has 0 bridgehead atoms. The van der Waals surface area contributed by atoms with Gasteiger partial charge in [0.1, 0.15) is 5.82 Å². The Morgan fingerprint density at radius 3 is 2.23 bits per heavy atom. The summed E-state index contributed by atoms with van der Waals surface area (Å²) in [5, 5.41) is 0. The summed E-state index contributed by atoms with van der Waals surface area (Å²) in [7, 11) is -3.76. The van der Waals surface area contributed by atoms with Crippen molar-refractivity contribution in [2.24, 2.45) is 5.92 Å². The highest BCUT2D eigenvalue weighted by Crippen LogP contribution is 2.39. The SMILES string of the molecule is Cc1ccc(S(=O)(=O)OCCC[C@H]2CC[C@H](c3ccc(C(F)(F)F)c(F)c3)CC2)cc1. The summed E-state index contributed by atoms with van der Waals surface area (Å²) in [6.45, 7) is 1.99. The van der Waals surface area contributed by atoms with Crippen LogP contribution in [0, 0.1) is 18.7 Å². The van der Waals surface area contributed by atoms with Gasteiger partial charge in [-0.2, -0.15) is 21.6 Å². The maximum Gasteiger partial charge on any atom is 0.419 e. The first kappa shape index (κ1) is 23.7. The third-order valence-electron chi connectivity index (χ3n) is 5.92. The van der Waals surface area contributed by atoms with E-state index < -0.39 is 27.7 Å². The molecule has 1 fully saturated rings. The standard InChI is InChI=1S/C23H26F4O3S/c1-16-4-11-20(12-5-16)31(28,29)30-14-2-3-17-6-8-18(9-7-17)19-10-13-21(22(24)15-19)23(25,26)27/h4-5,10-13,15,17-18H,2-3,6-9,14H2,1H3/t17-,18-. The largest absolute Gasteiger partial charge is 0.419 e. The first-order chi connectivity index (χ1) is 14.6. The zero-order chi connectivity index (χ0) is 22.6. The third-order valence-corrected chi connectivity index (χ3v) is 7.25. The Morgan fingerprint density at radius 1 is 1.00 bits per heavy atom. The summed E-state index contributed by atoms with van der Waals surface area (Å²) < 4.78 is 81.5. The molecule has 170 valence electrons. The van der Waals surface area contributed by atoms with Crippen LogP contribution in [0.5, 0.6) is 0 Å².